The van der Waals surface area contributed by atoms with E-state index in [1.807, 2.05) is 4.72 Å². The Morgan fingerprint density at radius 1 is 1.00 bits per heavy atom. The second kappa shape index (κ2) is 5.81. The van der Waals surface area contributed by atoms with Crippen LogP contribution in [0.5, 0.6) is 0 Å². The number of hydrogen-bond donors (Lipinski definition) is 3. The Balaban J connectivity index is 2.01. The molecule has 3 aromatic rings. The SMILES string of the molecule is O=c1[nH]c2ccc(S(=O)(=O)Nc3cc(C(F)(F)F)ccc3Cl)cc2[nH]1. The minimum absolute atomic E-state index is 0.187. The molecular formula is C14H9ClF3N3O3S. The average molecular weight is 392 g/mol. The summed E-state index contributed by atoms with van der Waals surface area (Å²) in [6, 6.07) is 6.05. The lowest BCUT2D eigenvalue weighted by Crippen LogP contribution is -2.14. The normalized spacial score (nSPS) is 12.5. The molecule has 132 valence electrons. The van der Waals surface area contributed by atoms with E-state index in [1.54, 1.807) is 0 Å². The number of nitrogens with one attached hydrogen (secondary N) is 3. The van der Waals surface area contributed by atoms with Crippen molar-refractivity contribution in [3.8, 4) is 0 Å². The molecule has 0 aliphatic rings. The summed E-state index contributed by atoms with van der Waals surface area (Å²) in [6.07, 6.45) is -4.64. The van der Waals surface area contributed by atoms with Crippen LogP contribution in [0, 0.1) is 0 Å². The van der Waals surface area contributed by atoms with Crippen molar-refractivity contribution in [2.45, 2.75) is 11.1 Å². The number of rotatable bonds is 3. The van der Waals surface area contributed by atoms with E-state index in [-0.39, 0.29) is 15.4 Å². The molecule has 0 atom stereocenters. The predicted octanol–water partition coefficient (Wildman–Crippen LogP) is 3.33. The number of aromatic nitrogens is 2. The first-order valence-corrected chi connectivity index (χ1v) is 8.54. The Morgan fingerprint density at radius 3 is 2.36 bits per heavy atom. The molecule has 3 N–H and O–H groups in total. The number of H-pyrrole nitrogens is 2. The van der Waals surface area contributed by atoms with Gasteiger partial charge in [-0.1, -0.05) is 11.6 Å². The molecule has 0 fully saturated rings. The Morgan fingerprint density at radius 2 is 1.68 bits per heavy atom. The molecule has 25 heavy (non-hydrogen) atoms. The van der Waals surface area contributed by atoms with Crippen molar-refractivity contribution in [2.75, 3.05) is 4.72 Å². The average Bonchev–Trinajstić information content (AvgIpc) is 2.87. The van der Waals surface area contributed by atoms with Gasteiger partial charge in [0.05, 0.1) is 32.2 Å². The van der Waals surface area contributed by atoms with Crippen LogP contribution in [-0.4, -0.2) is 18.4 Å². The highest BCUT2D eigenvalue weighted by molar-refractivity contribution is 7.92. The van der Waals surface area contributed by atoms with E-state index in [0.717, 1.165) is 12.1 Å². The van der Waals surface area contributed by atoms with E-state index in [0.29, 0.717) is 11.6 Å². The molecule has 0 aliphatic heterocycles. The van der Waals surface area contributed by atoms with Crippen molar-refractivity contribution in [3.05, 3.63) is 57.5 Å². The summed E-state index contributed by atoms with van der Waals surface area (Å²) in [5.74, 6) is 0. The van der Waals surface area contributed by atoms with Gasteiger partial charge in [-0.05, 0) is 36.4 Å². The minimum Gasteiger partial charge on any atom is -0.306 e. The third kappa shape index (κ3) is 3.49. The molecule has 0 saturated carbocycles. The van der Waals surface area contributed by atoms with E-state index in [2.05, 4.69) is 9.97 Å². The molecule has 0 aliphatic carbocycles. The van der Waals surface area contributed by atoms with Crippen molar-refractivity contribution in [3.63, 3.8) is 0 Å². The third-order valence-electron chi connectivity index (χ3n) is 3.34. The molecule has 11 heteroatoms. The first kappa shape index (κ1) is 17.4. The topological polar surface area (TPSA) is 94.8 Å². The molecule has 3 rings (SSSR count). The van der Waals surface area contributed by atoms with Gasteiger partial charge in [-0.2, -0.15) is 13.2 Å². The monoisotopic (exact) mass is 391 g/mol. The zero-order valence-electron chi connectivity index (χ0n) is 12.1. The van der Waals surface area contributed by atoms with E-state index in [9.17, 15) is 26.4 Å². The molecule has 0 saturated heterocycles. The fourth-order valence-electron chi connectivity index (χ4n) is 2.16. The Labute approximate surface area is 143 Å². The summed E-state index contributed by atoms with van der Waals surface area (Å²) in [5, 5.41) is -0.187. The second-order valence-corrected chi connectivity index (χ2v) is 7.17. The van der Waals surface area contributed by atoms with Gasteiger partial charge in [0, 0.05) is 0 Å². The maximum absolute atomic E-state index is 12.8. The number of anilines is 1. The van der Waals surface area contributed by atoms with Gasteiger partial charge in [-0.3, -0.25) is 4.72 Å². The van der Waals surface area contributed by atoms with Gasteiger partial charge in [-0.25, -0.2) is 13.2 Å². The predicted molar refractivity (Wildman–Crippen MR) is 86.2 cm³/mol. The van der Waals surface area contributed by atoms with E-state index >= 15 is 0 Å². The standard InChI is InChI=1S/C14H9ClF3N3O3S/c15-9-3-1-7(14(16,17)18)5-11(9)21-25(23,24)8-2-4-10-12(6-8)20-13(22)19-10/h1-6,21H,(H2,19,20,22). The van der Waals surface area contributed by atoms with Gasteiger partial charge in [0.2, 0.25) is 0 Å². The van der Waals surface area contributed by atoms with Crippen LogP contribution >= 0.6 is 11.6 Å². The lowest BCUT2D eigenvalue weighted by atomic mass is 10.2. The molecule has 6 nitrogen and oxygen atoms in total. The molecule has 0 bridgehead atoms. The van der Waals surface area contributed by atoms with E-state index < -0.39 is 33.1 Å². The number of benzene rings is 2. The van der Waals surface area contributed by atoms with Crippen LogP contribution in [0.1, 0.15) is 5.56 Å². The number of hydrogen-bond acceptors (Lipinski definition) is 3. The number of alkyl halides is 3. The van der Waals surface area contributed by atoms with Gasteiger partial charge >= 0.3 is 11.9 Å². The number of fused-ring (bicyclic) bond motifs is 1. The Bertz CT molecular complexity index is 1120. The fraction of sp³-hybridized carbons (Fsp3) is 0.0714. The summed E-state index contributed by atoms with van der Waals surface area (Å²) < 4.78 is 65.2. The van der Waals surface area contributed by atoms with Gasteiger partial charge in [0.1, 0.15) is 0 Å². The number of halogens is 4. The Hall–Kier alpha value is -2.46. The largest absolute Gasteiger partial charge is 0.416 e. The van der Waals surface area contributed by atoms with Gasteiger partial charge in [0.25, 0.3) is 10.0 Å². The van der Waals surface area contributed by atoms with Crippen LogP contribution in [0.2, 0.25) is 5.02 Å². The second-order valence-electron chi connectivity index (χ2n) is 5.08. The van der Waals surface area contributed by atoms with Crippen molar-refractivity contribution >= 4 is 38.3 Å². The van der Waals surface area contributed by atoms with Crippen molar-refractivity contribution in [1.29, 1.82) is 0 Å². The summed E-state index contributed by atoms with van der Waals surface area (Å²) in [5.41, 5.74) is -1.33. The lowest BCUT2D eigenvalue weighted by molar-refractivity contribution is -0.137. The van der Waals surface area contributed by atoms with Crippen LogP contribution < -0.4 is 10.4 Å². The van der Waals surface area contributed by atoms with Gasteiger partial charge < -0.3 is 9.97 Å². The fourth-order valence-corrected chi connectivity index (χ4v) is 3.48. The lowest BCUT2D eigenvalue weighted by Gasteiger charge is -2.13. The molecule has 0 radical (unpaired) electrons. The molecular weight excluding hydrogens is 383 g/mol. The summed E-state index contributed by atoms with van der Waals surface area (Å²) in [7, 11) is -4.22. The molecule has 0 unspecified atom stereocenters. The minimum atomic E-state index is -4.64. The van der Waals surface area contributed by atoms with Gasteiger partial charge in [-0.15, -0.1) is 0 Å². The van der Waals surface area contributed by atoms with Crippen molar-refractivity contribution in [1.82, 2.24) is 9.97 Å². The van der Waals surface area contributed by atoms with Gasteiger partial charge in [0.15, 0.2) is 0 Å². The number of imidazole rings is 1. The summed E-state index contributed by atoms with van der Waals surface area (Å²) >= 11 is 5.79. The zero-order chi connectivity index (χ0) is 18.4. The maximum Gasteiger partial charge on any atom is 0.416 e. The third-order valence-corrected chi connectivity index (χ3v) is 5.03. The van der Waals surface area contributed by atoms with E-state index in [1.165, 1.54) is 18.2 Å². The highest BCUT2D eigenvalue weighted by atomic mass is 35.5. The smallest absolute Gasteiger partial charge is 0.306 e. The highest BCUT2D eigenvalue weighted by Crippen LogP contribution is 2.34. The van der Waals surface area contributed by atoms with E-state index in [4.69, 9.17) is 11.6 Å². The van der Waals surface area contributed by atoms with Crippen molar-refractivity contribution < 1.29 is 21.6 Å². The molecule has 0 amide bonds. The van der Waals surface area contributed by atoms with Crippen molar-refractivity contribution in [2.24, 2.45) is 0 Å². The first-order valence-electron chi connectivity index (χ1n) is 6.68. The first-order chi connectivity index (χ1) is 11.6. The van der Waals surface area contributed by atoms with Crippen LogP contribution in [0.3, 0.4) is 0 Å². The highest BCUT2D eigenvalue weighted by Gasteiger charge is 2.31. The maximum atomic E-state index is 12.8. The molecule has 1 aromatic heterocycles. The molecule has 2 aromatic carbocycles. The van der Waals surface area contributed by atoms with Crippen LogP contribution in [0.15, 0.2) is 46.1 Å². The quantitative estimate of drug-likeness (QED) is 0.639. The number of sulfonamides is 1. The van der Waals surface area contributed by atoms with Crippen LogP contribution in [-0.2, 0) is 16.2 Å². The summed E-state index contributed by atoms with van der Waals surface area (Å²) in [4.78, 5) is 15.8. The number of aromatic amines is 2. The Kier molecular flexibility index (Phi) is 4.04. The zero-order valence-corrected chi connectivity index (χ0v) is 13.7. The summed E-state index contributed by atoms with van der Waals surface area (Å²) in [6.45, 7) is 0. The van der Waals surface area contributed by atoms with Crippen LogP contribution in [0.25, 0.3) is 11.0 Å². The van der Waals surface area contributed by atoms with Crippen LogP contribution in [0.4, 0.5) is 18.9 Å². The molecule has 1 heterocycles. The molecule has 0 spiro atoms.